The SMILES string of the molecule is CSCCC(NCCC(C)C)C(=O)O.Cl. The van der Waals surface area contributed by atoms with Crippen molar-refractivity contribution in [3.05, 3.63) is 0 Å². The third-order valence-electron chi connectivity index (χ3n) is 2.02. The van der Waals surface area contributed by atoms with Crippen molar-refractivity contribution in [2.45, 2.75) is 32.7 Å². The second kappa shape index (κ2) is 10.6. The van der Waals surface area contributed by atoms with Crippen LogP contribution in [-0.2, 0) is 4.79 Å². The van der Waals surface area contributed by atoms with E-state index in [9.17, 15) is 4.79 Å². The third kappa shape index (κ3) is 10.4. The lowest BCUT2D eigenvalue weighted by molar-refractivity contribution is -0.139. The van der Waals surface area contributed by atoms with Crippen molar-refractivity contribution in [3.8, 4) is 0 Å². The van der Waals surface area contributed by atoms with Gasteiger partial charge in [-0.25, -0.2) is 0 Å². The van der Waals surface area contributed by atoms with Crippen molar-refractivity contribution in [1.82, 2.24) is 5.32 Å². The highest BCUT2D eigenvalue weighted by Crippen LogP contribution is 2.02. The molecule has 0 aromatic heterocycles. The molecule has 0 rings (SSSR count). The van der Waals surface area contributed by atoms with Crippen LogP contribution in [-0.4, -0.2) is 35.7 Å². The molecular formula is C10H22ClNO2S. The van der Waals surface area contributed by atoms with E-state index < -0.39 is 5.97 Å². The summed E-state index contributed by atoms with van der Waals surface area (Å²) in [5, 5.41) is 12.0. The lowest BCUT2D eigenvalue weighted by atomic mass is 10.1. The van der Waals surface area contributed by atoms with Crippen LogP contribution in [0.1, 0.15) is 26.7 Å². The molecule has 0 amide bonds. The number of hydrogen-bond donors (Lipinski definition) is 2. The second-order valence-corrected chi connectivity index (χ2v) is 4.79. The molecule has 1 unspecified atom stereocenters. The molecule has 0 aliphatic rings. The highest BCUT2D eigenvalue weighted by atomic mass is 35.5. The molecule has 1 atom stereocenters. The van der Waals surface area contributed by atoms with E-state index in [2.05, 4.69) is 19.2 Å². The minimum absolute atomic E-state index is 0. The number of carbonyl (C=O) groups is 1. The van der Waals surface area contributed by atoms with E-state index in [1.165, 1.54) is 0 Å². The topological polar surface area (TPSA) is 49.3 Å². The van der Waals surface area contributed by atoms with Crippen molar-refractivity contribution >= 4 is 30.1 Å². The first-order valence-corrected chi connectivity index (χ1v) is 6.42. The van der Waals surface area contributed by atoms with Gasteiger partial charge in [0.05, 0.1) is 0 Å². The van der Waals surface area contributed by atoms with Gasteiger partial charge in [-0.1, -0.05) is 13.8 Å². The van der Waals surface area contributed by atoms with Crippen molar-refractivity contribution in [1.29, 1.82) is 0 Å². The average Bonchev–Trinajstić information content (AvgIpc) is 2.09. The maximum absolute atomic E-state index is 10.8. The van der Waals surface area contributed by atoms with Gasteiger partial charge in [0, 0.05) is 0 Å². The van der Waals surface area contributed by atoms with Gasteiger partial charge >= 0.3 is 5.97 Å². The van der Waals surface area contributed by atoms with Gasteiger partial charge in [0.25, 0.3) is 0 Å². The fourth-order valence-electron chi connectivity index (χ4n) is 1.09. The van der Waals surface area contributed by atoms with Crippen LogP contribution in [0.4, 0.5) is 0 Å². The molecule has 5 heteroatoms. The van der Waals surface area contributed by atoms with Gasteiger partial charge in [-0.2, -0.15) is 11.8 Å². The van der Waals surface area contributed by atoms with E-state index in [0.29, 0.717) is 12.3 Å². The van der Waals surface area contributed by atoms with Crippen molar-refractivity contribution < 1.29 is 9.90 Å². The number of carboxylic acids is 1. The lowest BCUT2D eigenvalue weighted by Gasteiger charge is -2.14. The Morgan fingerprint density at radius 2 is 2.00 bits per heavy atom. The molecule has 0 bridgehead atoms. The molecule has 3 nitrogen and oxygen atoms in total. The number of nitrogens with one attached hydrogen (secondary N) is 1. The summed E-state index contributed by atoms with van der Waals surface area (Å²) in [5.41, 5.74) is 0. The molecule has 0 saturated heterocycles. The maximum Gasteiger partial charge on any atom is 0.320 e. The Labute approximate surface area is 103 Å². The van der Waals surface area contributed by atoms with Crippen LogP contribution in [0.5, 0.6) is 0 Å². The van der Waals surface area contributed by atoms with E-state index in [1.807, 2.05) is 6.26 Å². The van der Waals surface area contributed by atoms with Crippen LogP contribution < -0.4 is 5.32 Å². The number of rotatable bonds is 8. The Bertz CT molecular complexity index is 168. The summed E-state index contributed by atoms with van der Waals surface area (Å²) in [7, 11) is 0. The highest BCUT2D eigenvalue weighted by molar-refractivity contribution is 7.98. The van der Waals surface area contributed by atoms with Crippen LogP contribution in [0.25, 0.3) is 0 Å². The predicted molar refractivity (Wildman–Crippen MR) is 69.1 cm³/mol. The van der Waals surface area contributed by atoms with Gasteiger partial charge in [-0.15, -0.1) is 12.4 Å². The summed E-state index contributed by atoms with van der Waals surface area (Å²) < 4.78 is 0. The van der Waals surface area contributed by atoms with Crippen LogP contribution >= 0.6 is 24.2 Å². The number of hydrogen-bond acceptors (Lipinski definition) is 3. The van der Waals surface area contributed by atoms with Crippen LogP contribution in [0.2, 0.25) is 0 Å². The maximum atomic E-state index is 10.8. The zero-order valence-electron chi connectivity index (χ0n) is 9.66. The summed E-state index contributed by atoms with van der Waals surface area (Å²) in [6.07, 6.45) is 3.73. The number of carboxylic acid groups (broad SMARTS) is 1. The Kier molecular flexibility index (Phi) is 12.3. The minimum atomic E-state index is -0.734. The molecule has 15 heavy (non-hydrogen) atoms. The smallest absolute Gasteiger partial charge is 0.320 e. The third-order valence-corrected chi connectivity index (χ3v) is 2.67. The fraction of sp³-hybridized carbons (Fsp3) is 0.900. The first-order chi connectivity index (χ1) is 6.57. The Morgan fingerprint density at radius 3 is 2.40 bits per heavy atom. The minimum Gasteiger partial charge on any atom is -0.480 e. The molecule has 0 spiro atoms. The largest absolute Gasteiger partial charge is 0.480 e. The van der Waals surface area contributed by atoms with Gasteiger partial charge in [0.1, 0.15) is 6.04 Å². The summed E-state index contributed by atoms with van der Waals surface area (Å²) in [5.74, 6) is 0.784. The molecule has 0 radical (unpaired) electrons. The second-order valence-electron chi connectivity index (χ2n) is 3.81. The zero-order chi connectivity index (χ0) is 11.0. The van der Waals surface area contributed by atoms with Gasteiger partial charge in [-0.3, -0.25) is 4.79 Å². The van der Waals surface area contributed by atoms with Crippen molar-refractivity contribution in [2.75, 3.05) is 18.6 Å². The van der Waals surface area contributed by atoms with Gasteiger partial charge < -0.3 is 10.4 Å². The van der Waals surface area contributed by atoms with Crippen LogP contribution in [0.3, 0.4) is 0 Å². The normalized spacial score (nSPS) is 12.3. The molecular weight excluding hydrogens is 234 g/mol. The molecule has 0 aromatic carbocycles. The first kappa shape index (κ1) is 17.5. The van der Waals surface area contributed by atoms with Crippen LogP contribution in [0, 0.1) is 5.92 Å². The average molecular weight is 256 g/mol. The Hall–Kier alpha value is 0.0700. The van der Waals surface area contributed by atoms with Gasteiger partial charge in [0.2, 0.25) is 0 Å². The quantitative estimate of drug-likeness (QED) is 0.699. The highest BCUT2D eigenvalue weighted by Gasteiger charge is 2.15. The molecule has 2 N–H and O–H groups in total. The summed E-state index contributed by atoms with van der Waals surface area (Å²) in [6.45, 7) is 5.07. The number of thioether (sulfide) groups is 1. The zero-order valence-corrected chi connectivity index (χ0v) is 11.3. The first-order valence-electron chi connectivity index (χ1n) is 5.03. The molecule has 92 valence electrons. The van der Waals surface area contributed by atoms with E-state index in [0.717, 1.165) is 18.7 Å². The number of halogens is 1. The monoisotopic (exact) mass is 255 g/mol. The van der Waals surface area contributed by atoms with Crippen LogP contribution in [0.15, 0.2) is 0 Å². The Morgan fingerprint density at radius 1 is 1.40 bits per heavy atom. The number of aliphatic carboxylic acids is 1. The molecule has 0 aromatic rings. The van der Waals surface area contributed by atoms with E-state index in [1.54, 1.807) is 11.8 Å². The molecule has 0 heterocycles. The standard InChI is InChI=1S/C10H21NO2S.ClH/c1-8(2)4-6-11-9(10(12)13)5-7-14-3;/h8-9,11H,4-7H2,1-3H3,(H,12,13);1H. The molecule has 0 saturated carbocycles. The predicted octanol–water partition coefficient (Wildman–Crippen LogP) is 2.25. The van der Waals surface area contributed by atoms with E-state index >= 15 is 0 Å². The van der Waals surface area contributed by atoms with E-state index in [4.69, 9.17) is 5.11 Å². The molecule has 0 aliphatic carbocycles. The molecule has 0 aliphatic heterocycles. The lowest BCUT2D eigenvalue weighted by Crippen LogP contribution is -2.38. The summed E-state index contributed by atoms with van der Waals surface area (Å²) >= 11 is 1.68. The summed E-state index contributed by atoms with van der Waals surface area (Å²) in [6, 6.07) is -0.374. The van der Waals surface area contributed by atoms with Gasteiger partial charge in [-0.05, 0) is 37.3 Å². The van der Waals surface area contributed by atoms with Gasteiger partial charge in [0.15, 0.2) is 0 Å². The molecule has 0 fully saturated rings. The van der Waals surface area contributed by atoms with Crippen molar-refractivity contribution in [2.24, 2.45) is 5.92 Å². The van der Waals surface area contributed by atoms with E-state index in [-0.39, 0.29) is 18.4 Å². The summed E-state index contributed by atoms with van der Waals surface area (Å²) in [4.78, 5) is 10.8. The fourth-order valence-corrected chi connectivity index (χ4v) is 1.57. The Balaban J connectivity index is 0. The van der Waals surface area contributed by atoms with Crippen molar-refractivity contribution in [3.63, 3.8) is 0 Å².